The Morgan fingerprint density at radius 3 is 2.79 bits per heavy atom. The molecule has 4 rings (SSSR count). The lowest BCUT2D eigenvalue weighted by Gasteiger charge is -2.35. The highest BCUT2D eigenvalue weighted by atomic mass is 16.5. The molecule has 7 nitrogen and oxygen atoms in total. The van der Waals surface area contributed by atoms with Crippen LogP contribution >= 0.6 is 0 Å². The van der Waals surface area contributed by atoms with Crippen molar-refractivity contribution in [3.63, 3.8) is 0 Å². The van der Waals surface area contributed by atoms with Gasteiger partial charge in [-0.25, -0.2) is 9.48 Å². The number of amides is 2. The van der Waals surface area contributed by atoms with Crippen LogP contribution < -0.4 is 10.1 Å². The monoisotopic (exact) mass is 383 g/mol. The molecule has 1 N–H and O–H groups in total. The molecule has 1 atom stereocenters. The zero-order valence-corrected chi connectivity index (χ0v) is 16.7. The number of nitrogens with one attached hydrogen (secondary N) is 1. The third-order valence-electron chi connectivity index (χ3n) is 5.63. The van der Waals surface area contributed by atoms with Crippen molar-refractivity contribution in [2.75, 3.05) is 39.8 Å². The smallest absolute Gasteiger partial charge is 0.317 e. The first kappa shape index (κ1) is 18.8. The SMILES string of the molecule is COc1cccc(-n2cc([C@@H](C)NC(=O)N3CCN(CC4CC4)CC3)cn2)c1. The standard InChI is InChI=1S/C21H29N5O2/c1-16(18-13-22-26(15-18)19-4-3-5-20(12-19)28-2)23-21(27)25-10-8-24(9-11-25)14-17-6-7-17/h3-5,12-13,15-17H,6-11,14H2,1-2H3,(H,23,27)/t16-/m1/s1. The average Bonchev–Trinajstić information content (AvgIpc) is 3.39. The Morgan fingerprint density at radius 2 is 2.07 bits per heavy atom. The van der Waals surface area contributed by atoms with Crippen LogP contribution in [0.5, 0.6) is 5.75 Å². The summed E-state index contributed by atoms with van der Waals surface area (Å²) in [5.41, 5.74) is 1.90. The summed E-state index contributed by atoms with van der Waals surface area (Å²) in [5.74, 6) is 1.69. The van der Waals surface area contributed by atoms with E-state index in [4.69, 9.17) is 4.74 Å². The zero-order valence-electron chi connectivity index (χ0n) is 16.7. The molecule has 2 amide bonds. The second-order valence-electron chi connectivity index (χ2n) is 7.82. The first-order chi connectivity index (χ1) is 13.6. The molecule has 0 radical (unpaired) electrons. The van der Waals surface area contributed by atoms with E-state index in [-0.39, 0.29) is 12.1 Å². The molecule has 0 spiro atoms. The number of carbonyl (C=O) groups is 1. The van der Waals surface area contributed by atoms with E-state index in [9.17, 15) is 4.79 Å². The van der Waals surface area contributed by atoms with Crippen molar-refractivity contribution in [1.82, 2.24) is 24.9 Å². The van der Waals surface area contributed by atoms with E-state index in [1.807, 2.05) is 42.3 Å². The van der Waals surface area contributed by atoms with Gasteiger partial charge in [0, 0.05) is 50.6 Å². The molecule has 150 valence electrons. The number of aromatic nitrogens is 2. The fraction of sp³-hybridized carbons (Fsp3) is 0.524. The summed E-state index contributed by atoms with van der Waals surface area (Å²) < 4.78 is 7.08. The Hall–Kier alpha value is -2.54. The van der Waals surface area contributed by atoms with Crippen molar-refractivity contribution in [1.29, 1.82) is 0 Å². The van der Waals surface area contributed by atoms with Gasteiger partial charge < -0.3 is 15.0 Å². The summed E-state index contributed by atoms with van der Waals surface area (Å²) in [6.45, 7) is 6.75. The van der Waals surface area contributed by atoms with Crippen molar-refractivity contribution in [3.8, 4) is 11.4 Å². The number of benzene rings is 1. The Morgan fingerprint density at radius 1 is 1.29 bits per heavy atom. The summed E-state index contributed by atoms with van der Waals surface area (Å²) in [5, 5.41) is 7.55. The summed E-state index contributed by atoms with van der Waals surface area (Å²) in [7, 11) is 1.65. The van der Waals surface area contributed by atoms with Crippen LogP contribution in [0.3, 0.4) is 0 Å². The Bertz CT molecular complexity index is 809. The lowest BCUT2D eigenvalue weighted by atomic mass is 10.2. The molecule has 2 fully saturated rings. The quantitative estimate of drug-likeness (QED) is 0.833. The fourth-order valence-electron chi connectivity index (χ4n) is 3.61. The van der Waals surface area contributed by atoms with Crippen LogP contribution in [0.25, 0.3) is 5.69 Å². The van der Waals surface area contributed by atoms with E-state index >= 15 is 0 Å². The van der Waals surface area contributed by atoms with Gasteiger partial charge >= 0.3 is 6.03 Å². The van der Waals surface area contributed by atoms with Crippen LogP contribution in [0, 0.1) is 5.92 Å². The minimum absolute atomic E-state index is 0.00713. The van der Waals surface area contributed by atoms with Gasteiger partial charge in [-0.2, -0.15) is 5.10 Å². The number of nitrogens with zero attached hydrogens (tertiary/aromatic N) is 4. The number of methoxy groups -OCH3 is 1. The van der Waals surface area contributed by atoms with Gasteiger partial charge in [-0.05, 0) is 37.8 Å². The number of piperazine rings is 1. The summed E-state index contributed by atoms with van der Waals surface area (Å²) in [4.78, 5) is 17.0. The van der Waals surface area contributed by atoms with Crippen LogP contribution in [0.1, 0.15) is 31.4 Å². The van der Waals surface area contributed by atoms with Crippen LogP contribution in [0.2, 0.25) is 0 Å². The topological polar surface area (TPSA) is 62.6 Å². The Kier molecular flexibility index (Phi) is 5.52. The Labute approximate surface area is 166 Å². The van der Waals surface area contributed by atoms with Crippen LogP contribution in [0.4, 0.5) is 4.79 Å². The third kappa shape index (κ3) is 4.47. The molecule has 2 heterocycles. The van der Waals surface area contributed by atoms with Gasteiger partial charge in [0.2, 0.25) is 0 Å². The second-order valence-corrected chi connectivity index (χ2v) is 7.82. The van der Waals surface area contributed by atoms with Crippen LogP contribution in [-0.2, 0) is 0 Å². The van der Waals surface area contributed by atoms with Crippen molar-refractivity contribution in [2.24, 2.45) is 5.92 Å². The molecule has 0 unspecified atom stereocenters. The van der Waals surface area contributed by atoms with Crippen molar-refractivity contribution in [3.05, 3.63) is 42.2 Å². The fourth-order valence-corrected chi connectivity index (χ4v) is 3.61. The van der Waals surface area contributed by atoms with E-state index in [1.165, 1.54) is 19.4 Å². The average molecular weight is 383 g/mol. The lowest BCUT2D eigenvalue weighted by Crippen LogP contribution is -2.52. The number of rotatable bonds is 6. The molecule has 1 aromatic heterocycles. The normalized spacial score (nSPS) is 18.7. The molecule has 28 heavy (non-hydrogen) atoms. The molecule has 2 aromatic rings. The van der Waals surface area contributed by atoms with Gasteiger partial charge in [-0.3, -0.25) is 4.90 Å². The van der Waals surface area contributed by atoms with Gasteiger partial charge in [-0.15, -0.1) is 0 Å². The zero-order chi connectivity index (χ0) is 19.5. The van der Waals surface area contributed by atoms with E-state index < -0.39 is 0 Å². The first-order valence-electron chi connectivity index (χ1n) is 10.1. The lowest BCUT2D eigenvalue weighted by molar-refractivity contribution is 0.134. The Balaban J connectivity index is 1.31. The van der Waals surface area contributed by atoms with Crippen LogP contribution in [0.15, 0.2) is 36.7 Å². The summed E-state index contributed by atoms with van der Waals surface area (Å²) in [6, 6.07) is 7.65. The highest BCUT2D eigenvalue weighted by Gasteiger charge is 2.28. The van der Waals surface area contributed by atoms with Crippen LogP contribution in [-0.4, -0.2) is 65.4 Å². The molecular weight excluding hydrogens is 354 g/mol. The largest absolute Gasteiger partial charge is 0.497 e. The van der Waals surface area contributed by atoms with E-state index in [0.29, 0.717) is 0 Å². The van der Waals surface area contributed by atoms with Crippen molar-refractivity contribution < 1.29 is 9.53 Å². The predicted molar refractivity (Wildman–Crippen MR) is 108 cm³/mol. The molecule has 1 saturated carbocycles. The first-order valence-corrected chi connectivity index (χ1v) is 10.1. The molecule has 1 aliphatic heterocycles. The predicted octanol–water partition coefficient (Wildman–Crippen LogP) is 2.68. The molecule has 7 heteroatoms. The maximum atomic E-state index is 12.6. The summed E-state index contributed by atoms with van der Waals surface area (Å²) in [6.07, 6.45) is 6.51. The van der Waals surface area contributed by atoms with Gasteiger partial charge in [0.25, 0.3) is 0 Å². The second kappa shape index (κ2) is 8.22. The number of carbonyl (C=O) groups excluding carboxylic acids is 1. The highest BCUT2D eigenvalue weighted by Crippen LogP contribution is 2.30. The highest BCUT2D eigenvalue weighted by molar-refractivity contribution is 5.74. The molecule has 2 aliphatic rings. The van der Waals surface area contributed by atoms with Crippen molar-refractivity contribution >= 4 is 6.03 Å². The van der Waals surface area contributed by atoms with E-state index in [2.05, 4.69) is 15.3 Å². The minimum atomic E-state index is -0.101. The maximum Gasteiger partial charge on any atom is 0.317 e. The molecular formula is C21H29N5O2. The third-order valence-corrected chi connectivity index (χ3v) is 5.63. The number of ether oxygens (including phenoxy) is 1. The van der Waals surface area contributed by atoms with Gasteiger partial charge in [0.15, 0.2) is 0 Å². The van der Waals surface area contributed by atoms with E-state index in [0.717, 1.165) is 49.1 Å². The van der Waals surface area contributed by atoms with E-state index in [1.54, 1.807) is 18.0 Å². The number of hydrogen-bond donors (Lipinski definition) is 1. The summed E-state index contributed by atoms with van der Waals surface area (Å²) >= 11 is 0. The molecule has 1 aliphatic carbocycles. The number of hydrogen-bond acceptors (Lipinski definition) is 4. The molecule has 0 bridgehead atoms. The van der Waals surface area contributed by atoms with Gasteiger partial charge in [0.05, 0.1) is 25.0 Å². The minimum Gasteiger partial charge on any atom is -0.497 e. The molecule has 1 saturated heterocycles. The molecule has 1 aromatic carbocycles. The maximum absolute atomic E-state index is 12.6. The number of urea groups is 1. The van der Waals surface area contributed by atoms with Crippen molar-refractivity contribution in [2.45, 2.75) is 25.8 Å². The van der Waals surface area contributed by atoms with Gasteiger partial charge in [0.1, 0.15) is 5.75 Å². The van der Waals surface area contributed by atoms with Gasteiger partial charge in [-0.1, -0.05) is 6.07 Å².